The van der Waals surface area contributed by atoms with E-state index in [0.29, 0.717) is 0 Å². The van der Waals surface area contributed by atoms with Gasteiger partial charge in [-0.15, -0.1) is 0 Å². The summed E-state index contributed by atoms with van der Waals surface area (Å²) in [7, 11) is 0. The molecule has 0 radical (unpaired) electrons. The van der Waals surface area contributed by atoms with E-state index in [0.717, 1.165) is 6.08 Å². The second-order valence-corrected chi connectivity index (χ2v) is 0.842. The van der Waals surface area contributed by atoms with E-state index in [4.69, 9.17) is 19.8 Å². The van der Waals surface area contributed by atoms with Crippen molar-refractivity contribution in [3.63, 3.8) is 0 Å². The van der Waals surface area contributed by atoms with Gasteiger partial charge in [0.2, 0.25) is 0 Å². The number of quaternary nitrogens is 2. The smallest absolute Gasteiger partial charge is 0.131 e. The van der Waals surface area contributed by atoms with Crippen LogP contribution in [0, 0.1) is 0 Å². The summed E-state index contributed by atoms with van der Waals surface area (Å²) in [4.78, 5) is 17.8. The van der Waals surface area contributed by atoms with Crippen molar-refractivity contribution in [1.29, 1.82) is 0 Å². The van der Waals surface area contributed by atoms with Crippen molar-refractivity contribution in [2.75, 3.05) is 0 Å². The molecule has 7 heteroatoms. The summed E-state index contributed by atoms with van der Waals surface area (Å²) >= 11 is 0. The first-order chi connectivity index (χ1) is 4.00. The molecule has 1 amide bonds. The van der Waals surface area contributed by atoms with Gasteiger partial charge in [-0.1, -0.05) is 6.58 Å². The van der Waals surface area contributed by atoms with E-state index in [-0.39, 0.29) is 12.3 Å². The molecule has 0 aliphatic rings. The molecule has 0 saturated heterocycles. The number of carboxylic acids is 1. The molecule has 0 aliphatic heterocycles. The second-order valence-electron chi connectivity index (χ2n) is 0.842. The molecule has 0 saturated carbocycles. The van der Waals surface area contributed by atoms with Crippen LogP contribution in [0.5, 0.6) is 0 Å². The van der Waals surface area contributed by atoms with Crippen LogP contribution in [0.2, 0.25) is 0 Å². The highest BCUT2D eigenvalue weighted by molar-refractivity contribution is 5.76. The minimum atomic E-state index is -1.58. The monoisotopic (exact) mass is 167 g/mol. The number of hydrogen-bond acceptors (Lipinski definition) is 4. The fourth-order valence-corrected chi connectivity index (χ4v) is 0. The fraction of sp³-hybridized carbons (Fsp3) is 0. The third kappa shape index (κ3) is 2150. The zero-order valence-electron chi connectivity index (χ0n) is 6.49. The first-order valence-corrected chi connectivity index (χ1v) is 1.80. The number of carbonyl (C=O) groups is 2. The average Bonchev–Trinajstić information content (AvgIpc) is 1.65. The standard InChI is InChI=1S/C3H4O2.CH3NO2.2H3N/c1-2-3(4)5;2-1(3)4;;/h2H,1H2,(H,4,5);2H2,(H,3,4);2*1H3. The van der Waals surface area contributed by atoms with Crippen LogP contribution in [0.15, 0.2) is 12.7 Å². The van der Waals surface area contributed by atoms with Crippen LogP contribution in [0.3, 0.4) is 0 Å². The van der Waals surface area contributed by atoms with Crippen LogP contribution in [0.25, 0.3) is 0 Å². The van der Waals surface area contributed by atoms with Crippen molar-refractivity contribution in [3.05, 3.63) is 12.7 Å². The molecule has 0 fully saturated rings. The third-order valence-corrected chi connectivity index (χ3v) is 0.167. The normalized spacial score (nSPS) is 5.09. The average molecular weight is 167 g/mol. The highest BCUT2D eigenvalue weighted by Gasteiger charge is 1.55. The Morgan fingerprint density at radius 1 is 1.27 bits per heavy atom. The van der Waals surface area contributed by atoms with Crippen LogP contribution in [0.4, 0.5) is 4.79 Å². The van der Waals surface area contributed by atoms with E-state index in [1.54, 1.807) is 0 Å². The number of nitrogens with two attached hydrogens (primary N) is 1. The molecule has 7 nitrogen and oxygen atoms in total. The molecule has 0 atom stereocenters. The van der Waals surface area contributed by atoms with Gasteiger partial charge in [0.15, 0.2) is 0 Å². The number of primary amides is 1. The predicted octanol–water partition coefficient (Wildman–Crippen LogP) is -2.04. The largest absolute Gasteiger partial charge is 0.545 e. The summed E-state index contributed by atoms with van der Waals surface area (Å²) in [6.07, 6.45) is -0.861. The van der Waals surface area contributed by atoms with E-state index in [9.17, 15) is 0 Å². The maximum atomic E-state index is 9.14. The maximum Gasteiger partial charge on any atom is 0.131 e. The number of amides is 1. The lowest BCUT2D eigenvalue weighted by Gasteiger charge is -1.81. The van der Waals surface area contributed by atoms with Gasteiger partial charge in [-0.25, -0.2) is 0 Å². The third-order valence-electron chi connectivity index (χ3n) is 0.167. The van der Waals surface area contributed by atoms with E-state index >= 15 is 0 Å². The van der Waals surface area contributed by atoms with Gasteiger partial charge < -0.3 is 37.8 Å². The Morgan fingerprint density at radius 2 is 1.36 bits per heavy atom. The van der Waals surface area contributed by atoms with Gasteiger partial charge in [-0.05, 0) is 6.08 Å². The minimum Gasteiger partial charge on any atom is -0.545 e. The Balaban J connectivity index is -0.0000000383. The topological polar surface area (TPSA) is 179 Å². The molecule has 68 valence electrons. The summed E-state index contributed by atoms with van der Waals surface area (Å²) < 4.78 is 0. The van der Waals surface area contributed by atoms with Gasteiger partial charge >= 0.3 is 0 Å². The summed E-state index contributed by atoms with van der Waals surface area (Å²) in [5.41, 5.74) is 3.92. The molecule has 0 rings (SSSR count). The van der Waals surface area contributed by atoms with Crippen molar-refractivity contribution < 1.29 is 19.8 Å². The summed E-state index contributed by atoms with van der Waals surface area (Å²) in [6.45, 7) is 2.90. The lowest BCUT2D eigenvalue weighted by atomic mass is 10.7. The molecule has 0 heterocycles. The van der Waals surface area contributed by atoms with Crippen LogP contribution < -0.4 is 28.2 Å². The van der Waals surface area contributed by atoms with Crippen LogP contribution in [0.1, 0.15) is 0 Å². The maximum absolute atomic E-state index is 9.14. The van der Waals surface area contributed by atoms with Crippen molar-refractivity contribution in [2.24, 2.45) is 5.73 Å². The van der Waals surface area contributed by atoms with Crippen molar-refractivity contribution in [2.45, 2.75) is 0 Å². The van der Waals surface area contributed by atoms with Gasteiger partial charge in [0.1, 0.15) is 6.09 Å². The lowest BCUT2D eigenvalue weighted by molar-refractivity contribution is -0.297. The highest BCUT2D eigenvalue weighted by Crippen LogP contribution is 1.47. The van der Waals surface area contributed by atoms with Crippen molar-refractivity contribution in [1.82, 2.24) is 12.3 Å². The summed E-state index contributed by atoms with van der Waals surface area (Å²) in [5, 5.41) is 17.8. The first-order valence-electron chi connectivity index (χ1n) is 1.80. The van der Waals surface area contributed by atoms with Crippen molar-refractivity contribution >= 4 is 12.1 Å². The molecule has 0 aromatic rings. The number of hydrogen-bond donors (Lipinski definition) is 3. The van der Waals surface area contributed by atoms with Gasteiger partial charge in [0.25, 0.3) is 0 Å². The fourth-order valence-electron chi connectivity index (χ4n) is 0. The Hall–Kier alpha value is -1.60. The van der Waals surface area contributed by atoms with Gasteiger partial charge in [-0.2, -0.15) is 0 Å². The van der Waals surface area contributed by atoms with E-state index in [1.807, 2.05) is 0 Å². The highest BCUT2D eigenvalue weighted by atomic mass is 16.4. The number of aliphatic carboxylic acids is 1. The van der Waals surface area contributed by atoms with Gasteiger partial charge in [0.05, 0.1) is 5.97 Å². The molecule has 0 aromatic carbocycles. The number of carboxylic acid groups (broad SMARTS) is 2. The molecular formula is C4H13N3O4. The van der Waals surface area contributed by atoms with Gasteiger partial charge in [-0.3, -0.25) is 0 Å². The van der Waals surface area contributed by atoms with Crippen LogP contribution >= 0.6 is 0 Å². The zero-order valence-corrected chi connectivity index (χ0v) is 6.49. The first kappa shape index (κ1) is 22.7. The van der Waals surface area contributed by atoms with E-state index in [2.05, 4.69) is 12.3 Å². The zero-order chi connectivity index (χ0) is 7.86. The molecule has 0 bridgehead atoms. The van der Waals surface area contributed by atoms with Gasteiger partial charge in [0, 0.05) is 0 Å². The Morgan fingerprint density at radius 3 is 1.36 bits per heavy atom. The minimum absolute atomic E-state index is 0. The van der Waals surface area contributed by atoms with Crippen LogP contribution in [-0.2, 0) is 4.79 Å². The predicted molar refractivity (Wildman–Crippen MR) is 36.8 cm³/mol. The molecule has 0 aliphatic carbocycles. The Bertz CT molecular complexity index is 121. The summed E-state index contributed by atoms with van der Waals surface area (Å²) in [5.74, 6) is -1.23. The second kappa shape index (κ2) is 15.8. The van der Waals surface area contributed by atoms with Crippen molar-refractivity contribution in [3.8, 4) is 0 Å². The Labute approximate surface area is 63.7 Å². The lowest BCUT2D eigenvalue weighted by Crippen LogP contribution is -2.29. The van der Waals surface area contributed by atoms with Crippen LogP contribution in [-0.4, -0.2) is 12.1 Å². The van der Waals surface area contributed by atoms with E-state index < -0.39 is 12.1 Å². The summed E-state index contributed by atoms with van der Waals surface area (Å²) in [6, 6.07) is 0. The Kier molecular flexibility index (Phi) is 32.6. The quantitative estimate of drug-likeness (QED) is 0.381. The number of carbonyl (C=O) groups excluding carboxylic acids is 2. The molecule has 0 aromatic heterocycles. The molecule has 0 unspecified atom stereocenters. The molecular weight excluding hydrogens is 154 g/mol. The SMILES string of the molecule is C=CC(=O)[O-].NC(=O)[O-].[NH4+].[NH4+]. The molecule has 10 N–H and O–H groups in total. The van der Waals surface area contributed by atoms with E-state index in [1.165, 1.54) is 0 Å². The molecule has 11 heavy (non-hydrogen) atoms. The number of rotatable bonds is 1. The molecule has 0 spiro atoms.